The van der Waals surface area contributed by atoms with Gasteiger partial charge in [0.2, 0.25) is 5.82 Å². The molecule has 0 bridgehead atoms. The molecule has 11 nitrogen and oxygen atoms in total. The highest BCUT2D eigenvalue weighted by atomic mass is 32.2. The number of carbonyl (C=O) groups excluding carboxylic acids is 2. The monoisotopic (exact) mass is 456 g/mol. The summed E-state index contributed by atoms with van der Waals surface area (Å²) in [5.74, 6) is -1.21. The molecule has 1 aromatic rings. The summed E-state index contributed by atoms with van der Waals surface area (Å²) < 4.78 is 8.21. The van der Waals surface area contributed by atoms with E-state index in [1.807, 2.05) is 0 Å². The van der Waals surface area contributed by atoms with E-state index in [2.05, 4.69) is 21.5 Å². The molecular weight excluding hydrogens is 424 g/mol. The number of nitrogens with one attached hydrogen (secondary N) is 1. The number of unbranched alkanes of at least 4 members (excludes halogenated alkanes) is 3. The second-order valence-electron chi connectivity index (χ2n) is 7.46. The summed E-state index contributed by atoms with van der Waals surface area (Å²) in [7, 11) is 0. The summed E-state index contributed by atoms with van der Waals surface area (Å²) in [5, 5.41) is 19.8. The van der Waals surface area contributed by atoms with Crippen LogP contribution in [0.3, 0.4) is 0 Å². The summed E-state index contributed by atoms with van der Waals surface area (Å²) >= 11 is 1.15. The summed E-state index contributed by atoms with van der Waals surface area (Å²) in [5.41, 5.74) is 10.8. The highest BCUT2D eigenvalue weighted by Crippen LogP contribution is 2.22. The van der Waals surface area contributed by atoms with E-state index in [9.17, 15) is 19.9 Å². The SMILES string of the molecule is CCCCCCC1OC(=O)C(C(=O)[O-])NS1.Nc1cc(N2CCCCC2)nc(N)[n+]1O. The number of nitrogens with two attached hydrogens (primary N) is 2. The van der Waals surface area contributed by atoms with Crippen molar-refractivity contribution in [2.75, 3.05) is 29.5 Å². The van der Waals surface area contributed by atoms with Crippen molar-refractivity contribution in [2.45, 2.75) is 69.8 Å². The number of carbonyl (C=O) groups is 2. The fraction of sp³-hybridized carbons (Fsp3) is 0.684. The van der Waals surface area contributed by atoms with Gasteiger partial charge in [0, 0.05) is 13.1 Å². The third kappa shape index (κ3) is 7.62. The van der Waals surface area contributed by atoms with Crippen LogP contribution in [0.25, 0.3) is 0 Å². The normalized spacial score (nSPS) is 21.1. The number of piperidine rings is 1. The molecule has 2 unspecified atom stereocenters. The molecule has 1 aromatic heterocycles. The van der Waals surface area contributed by atoms with Crippen molar-refractivity contribution in [3.05, 3.63) is 6.07 Å². The van der Waals surface area contributed by atoms with Gasteiger partial charge in [0.1, 0.15) is 0 Å². The maximum absolute atomic E-state index is 11.2. The molecule has 12 heteroatoms. The molecule has 174 valence electrons. The maximum Gasteiger partial charge on any atom is 0.383 e. The maximum atomic E-state index is 11.2. The molecule has 0 radical (unpaired) electrons. The zero-order chi connectivity index (χ0) is 22.8. The van der Waals surface area contributed by atoms with Crippen LogP contribution in [0.15, 0.2) is 6.07 Å². The zero-order valence-corrected chi connectivity index (χ0v) is 18.6. The number of anilines is 3. The topological polar surface area (TPSA) is 171 Å². The standard InChI is InChI=1S/C10H17NO4S.C9H15N5O/c1-2-3-4-5-6-7-15-10(14)8(9(12)13)11-16-7;10-7-6-8(12-9(11)14(7)15)13-4-2-1-3-5-13/h7-8,11H,2-6H2,1H3,(H,12,13);6,15H,1-5H2,(H3,10,11,12). The van der Waals surface area contributed by atoms with Gasteiger partial charge in [-0.3, -0.25) is 0 Å². The fourth-order valence-corrected chi connectivity index (χ4v) is 4.13. The lowest BCUT2D eigenvalue weighted by Gasteiger charge is -2.28. The number of aromatic nitrogens is 2. The molecule has 3 heterocycles. The van der Waals surface area contributed by atoms with Gasteiger partial charge < -0.3 is 36.2 Å². The first-order valence-corrected chi connectivity index (χ1v) is 11.5. The number of nitrogen functional groups attached to an aromatic ring is 2. The molecule has 2 aliphatic heterocycles. The smallest absolute Gasteiger partial charge is 0.383 e. The van der Waals surface area contributed by atoms with Crippen molar-refractivity contribution in [3.63, 3.8) is 0 Å². The molecule has 0 aliphatic carbocycles. The van der Waals surface area contributed by atoms with Crippen molar-refractivity contribution in [3.8, 4) is 0 Å². The zero-order valence-electron chi connectivity index (χ0n) is 17.8. The minimum Gasteiger partial charge on any atom is -0.548 e. The molecule has 2 aliphatic rings. The van der Waals surface area contributed by atoms with Crippen LogP contribution in [-0.2, 0) is 14.3 Å². The number of hydrogen-bond acceptors (Lipinski definition) is 11. The molecule has 0 aromatic carbocycles. The molecule has 0 amide bonds. The molecular formula is C19H32N6O5S. The van der Waals surface area contributed by atoms with Crippen LogP contribution in [0.1, 0.15) is 58.3 Å². The first-order chi connectivity index (χ1) is 14.8. The van der Waals surface area contributed by atoms with E-state index in [0.29, 0.717) is 4.73 Å². The van der Waals surface area contributed by atoms with Crippen LogP contribution in [0, 0.1) is 0 Å². The molecule has 0 saturated carbocycles. The predicted molar refractivity (Wildman–Crippen MR) is 115 cm³/mol. The predicted octanol–water partition coefficient (Wildman–Crippen LogP) is -0.0429. The quantitative estimate of drug-likeness (QED) is 0.108. The Bertz CT molecular complexity index is 723. The van der Waals surface area contributed by atoms with E-state index in [4.69, 9.17) is 16.2 Å². The lowest BCUT2D eigenvalue weighted by Crippen LogP contribution is -2.53. The van der Waals surface area contributed by atoms with Gasteiger partial charge in [-0.05, 0) is 48.8 Å². The van der Waals surface area contributed by atoms with Crippen molar-refractivity contribution in [1.29, 1.82) is 0 Å². The third-order valence-corrected chi connectivity index (χ3v) is 5.94. The summed E-state index contributed by atoms with van der Waals surface area (Å²) in [6.07, 6.45) is 8.75. The summed E-state index contributed by atoms with van der Waals surface area (Å²) in [4.78, 5) is 27.9. The highest BCUT2D eigenvalue weighted by Gasteiger charge is 2.30. The highest BCUT2D eigenvalue weighted by molar-refractivity contribution is 7.98. The molecule has 31 heavy (non-hydrogen) atoms. The Morgan fingerprint density at radius 2 is 2.06 bits per heavy atom. The van der Waals surface area contributed by atoms with Gasteiger partial charge >= 0.3 is 11.9 Å². The minimum absolute atomic E-state index is 0.0237. The van der Waals surface area contributed by atoms with E-state index in [-0.39, 0.29) is 17.2 Å². The molecule has 2 fully saturated rings. The Morgan fingerprint density at radius 3 is 2.65 bits per heavy atom. The second-order valence-corrected chi connectivity index (χ2v) is 8.46. The Balaban J connectivity index is 0.000000220. The van der Waals surface area contributed by atoms with E-state index in [1.54, 1.807) is 6.07 Å². The van der Waals surface area contributed by atoms with Gasteiger partial charge in [0.25, 0.3) is 0 Å². The number of carboxylic acids is 1. The number of aliphatic carboxylic acids is 1. The molecule has 2 atom stereocenters. The summed E-state index contributed by atoms with van der Waals surface area (Å²) in [6.45, 7) is 4.07. The molecule has 6 N–H and O–H groups in total. The number of esters is 1. The molecule has 3 rings (SSSR count). The van der Waals surface area contributed by atoms with Crippen LogP contribution in [0.4, 0.5) is 17.6 Å². The van der Waals surface area contributed by atoms with Crippen molar-refractivity contribution < 1.29 is 29.4 Å². The van der Waals surface area contributed by atoms with Gasteiger partial charge in [-0.1, -0.05) is 31.2 Å². The minimum atomic E-state index is -1.44. The summed E-state index contributed by atoms with van der Waals surface area (Å²) in [6, 6.07) is 0.304. The number of rotatable bonds is 7. The van der Waals surface area contributed by atoms with Crippen LogP contribution < -0.4 is 30.9 Å². The van der Waals surface area contributed by atoms with Crippen molar-refractivity contribution in [1.82, 2.24) is 9.71 Å². The van der Waals surface area contributed by atoms with Crippen LogP contribution in [-0.4, -0.2) is 46.7 Å². The molecule has 2 saturated heterocycles. The first-order valence-electron chi connectivity index (χ1n) is 10.6. The number of ether oxygens (including phenoxy) is 1. The average Bonchev–Trinajstić information content (AvgIpc) is 2.75. The van der Waals surface area contributed by atoms with Gasteiger partial charge in [-0.25, -0.2) is 9.52 Å². The van der Waals surface area contributed by atoms with Gasteiger partial charge in [-0.2, -0.15) is 0 Å². The van der Waals surface area contributed by atoms with E-state index < -0.39 is 18.0 Å². The largest absolute Gasteiger partial charge is 0.548 e. The second kappa shape index (κ2) is 12.4. The van der Waals surface area contributed by atoms with Crippen LogP contribution in [0.5, 0.6) is 0 Å². The van der Waals surface area contributed by atoms with Crippen LogP contribution in [0.2, 0.25) is 0 Å². The average molecular weight is 457 g/mol. The van der Waals surface area contributed by atoms with Crippen molar-refractivity contribution >= 4 is 41.5 Å². The van der Waals surface area contributed by atoms with E-state index in [1.165, 1.54) is 12.8 Å². The molecule has 0 spiro atoms. The number of cyclic esters (lactones) is 1. The lowest BCUT2D eigenvalue weighted by molar-refractivity contribution is -0.883. The first kappa shape index (κ1) is 24.8. The number of nitrogens with zero attached hydrogens (tertiary/aromatic N) is 3. The van der Waals surface area contributed by atoms with Gasteiger partial charge in [0.15, 0.2) is 17.3 Å². The fourth-order valence-electron chi connectivity index (χ4n) is 3.22. The van der Waals surface area contributed by atoms with Gasteiger partial charge in [0.05, 0.1) is 12.0 Å². The van der Waals surface area contributed by atoms with E-state index in [0.717, 1.165) is 69.4 Å². The van der Waals surface area contributed by atoms with E-state index >= 15 is 0 Å². The Labute approximate surface area is 186 Å². The Morgan fingerprint density at radius 1 is 1.35 bits per heavy atom. The van der Waals surface area contributed by atoms with Gasteiger partial charge in [-0.15, -0.1) is 0 Å². The Kier molecular flexibility index (Phi) is 9.92. The number of hydrogen-bond donors (Lipinski definition) is 4. The Hall–Kier alpha value is -2.47. The van der Waals surface area contributed by atoms with Crippen LogP contribution >= 0.6 is 11.9 Å². The third-order valence-electron chi connectivity index (χ3n) is 4.98. The lowest BCUT2D eigenvalue weighted by atomic mass is 10.1. The number of carboxylic acid groups (broad SMARTS) is 1. The van der Waals surface area contributed by atoms with Crippen molar-refractivity contribution in [2.24, 2.45) is 0 Å².